The van der Waals surface area contributed by atoms with Crippen LogP contribution in [0, 0.1) is 0 Å². The van der Waals surface area contributed by atoms with E-state index in [-0.39, 0.29) is 11.2 Å². The van der Waals surface area contributed by atoms with E-state index < -0.39 is 0 Å². The quantitative estimate of drug-likeness (QED) is 0.262. The molecule has 2 nitrogen and oxygen atoms in total. The third kappa shape index (κ3) is 2.82. The molecule has 0 heterocycles. The Bertz CT molecular complexity index is 1680. The summed E-state index contributed by atoms with van der Waals surface area (Å²) in [6.45, 7) is 4.60. The predicted molar refractivity (Wildman–Crippen MR) is 148 cm³/mol. The van der Waals surface area contributed by atoms with Crippen LogP contribution in [-0.4, -0.2) is 5.78 Å². The van der Waals surface area contributed by atoms with E-state index in [1.54, 1.807) is 0 Å². The molecule has 7 rings (SSSR count). The van der Waals surface area contributed by atoms with E-state index in [4.69, 9.17) is 0 Å². The Balaban J connectivity index is 1.46. The standard InChI is InChI=1S/C34H25NO/c1-34(2)29-17-9-8-14-25(29)26-20-19-23(21-30(26)34)35(22-11-4-3-5-12-22)31-18-10-16-27-24-13-6-7-15-28(24)33(36)32(27)31/h3-21H,1-2H3. The molecule has 2 aliphatic carbocycles. The summed E-state index contributed by atoms with van der Waals surface area (Å²) in [5.41, 5.74) is 11.7. The molecule has 5 aromatic carbocycles. The molecule has 36 heavy (non-hydrogen) atoms. The fourth-order valence-corrected chi connectivity index (χ4v) is 6.08. The molecule has 0 saturated heterocycles. The highest BCUT2D eigenvalue weighted by atomic mass is 16.1. The summed E-state index contributed by atoms with van der Waals surface area (Å²) >= 11 is 0. The third-order valence-electron chi connectivity index (χ3n) is 7.81. The van der Waals surface area contributed by atoms with Crippen molar-refractivity contribution in [2.45, 2.75) is 19.3 Å². The minimum atomic E-state index is -0.102. The van der Waals surface area contributed by atoms with Gasteiger partial charge in [-0.05, 0) is 63.7 Å². The summed E-state index contributed by atoms with van der Waals surface area (Å²) in [6.07, 6.45) is 0. The molecule has 2 heteroatoms. The lowest BCUT2D eigenvalue weighted by molar-refractivity contribution is 0.104. The summed E-state index contributed by atoms with van der Waals surface area (Å²) in [5, 5.41) is 0. The molecule has 0 aromatic heterocycles. The van der Waals surface area contributed by atoms with Crippen LogP contribution in [0.3, 0.4) is 0 Å². The molecule has 0 bridgehead atoms. The monoisotopic (exact) mass is 463 g/mol. The molecule has 0 spiro atoms. The van der Waals surface area contributed by atoms with E-state index >= 15 is 0 Å². The number of para-hydroxylation sites is 1. The molecule has 0 amide bonds. The van der Waals surface area contributed by atoms with Gasteiger partial charge in [0, 0.05) is 22.4 Å². The van der Waals surface area contributed by atoms with E-state index in [1.165, 1.54) is 22.3 Å². The highest BCUT2D eigenvalue weighted by Gasteiger charge is 2.36. The van der Waals surface area contributed by atoms with Crippen molar-refractivity contribution in [2.75, 3.05) is 4.90 Å². The Hall–Kier alpha value is -4.43. The fourth-order valence-electron chi connectivity index (χ4n) is 6.08. The molecule has 0 radical (unpaired) electrons. The van der Waals surface area contributed by atoms with Crippen LogP contribution in [0.1, 0.15) is 40.9 Å². The number of carbonyl (C=O) groups is 1. The van der Waals surface area contributed by atoms with Crippen LogP contribution in [0.25, 0.3) is 22.3 Å². The summed E-state index contributed by atoms with van der Waals surface area (Å²) in [7, 11) is 0. The Morgan fingerprint density at radius 1 is 0.528 bits per heavy atom. The molecule has 0 fully saturated rings. The van der Waals surface area contributed by atoms with Gasteiger partial charge in [-0.2, -0.15) is 0 Å². The molecule has 0 aliphatic heterocycles. The number of carbonyl (C=O) groups excluding carboxylic acids is 1. The van der Waals surface area contributed by atoms with E-state index in [0.29, 0.717) is 0 Å². The van der Waals surface area contributed by atoms with Crippen molar-refractivity contribution in [3.05, 3.63) is 138 Å². The van der Waals surface area contributed by atoms with Crippen molar-refractivity contribution in [3.8, 4) is 22.3 Å². The normalized spacial score (nSPS) is 14.1. The van der Waals surface area contributed by atoms with E-state index in [2.05, 4.69) is 104 Å². The van der Waals surface area contributed by atoms with Crippen molar-refractivity contribution in [1.29, 1.82) is 0 Å². The Morgan fingerprint density at radius 2 is 1.17 bits per heavy atom. The maximum Gasteiger partial charge on any atom is 0.196 e. The first kappa shape index (κ1) is 20.9. The minimum Gasteiger partial charge on any atom is -0.310 e. The molecule has 0 saturated carbocycles. The second-order valence-corrected chi connectivity index (χ2v) is 10.1. The first-order valence-corrected chi connectivity index (χ1v) is 12.4. The molecule has 0 atom stereocenters. The number of fused-ring (bicyclic) bond motifs is 6. The zero-order chi connectivity index (χ0) is 24.4. The van der Waals surface area contributed by atoms with E-state index in [1.807, 2.05) is 30.3 Å². The van der Waals surface area contributed by atoms with Gasteiger partial charge >= 0.3 is 0 Å². The lowest BCUT2D eigenvalue weighted by Gasteiger charge is -2.29. The van der Waals surface area contributed by atoms with Crippen molar-refractivity contribution in [1.82, 2.24) is 0 Å². The zero-order valence-corrected chi connectivity index (χ0v) is 20.3. The summed E-state index contributed by atoms with van der Waals surface area (Å²) in [6, 6.07) is 39.9. The Labute approximate surface area is 211 Å². The number of hydrogen-bond acceptors (Lipinski definition) is 2. The molecule has 172 valence electrons. The average molecular weight is 464 g/mol. The van der Waals surface area contributed by atoms with Gasteiger partial charge in [0.25, 0.3) is 0 Å². The highest BCUT2D eigenvalue weighted by molar-refractivity contribution is 6.25. The molecular weight excluding hydrogens is 438 g/mol. The molecule has 0 N–H and O–H groups in total. The van der Waals surface area contributed by atoms with Crippen LogP contribution >= 0.6 is 0 Å². The van der Waals surface area contributed by atoms with Crippen LogP contribution in [0.4, 0.5) is 17.1 Å². The molecule has 5 aromatic rings. The second-order valence-electron chi connectivity index (χ2n) is 10.1. The number of benzene rings is 5. The number of nitrogens with zero attached hydrogens (tertiary/aromatic N) is 1. The van der Waals surface area contributed by atoms with Crippen LogP contribution < -0.4 is 4.90 Å². The van der Waals surface area contributed by atoms with Gasteiger partial charge in [0.2, 0.25) is 0 Å². The maximum absolute atomic E-state index is 13.7. The summed E-state index contributed by atoms with van der Waals surface area (Å²) in [4.78, 5) is 15.9. The minimum absolute atomic E-state index is 0.0889. The second kappa shape index (κ2) is 7.53. The predicted octanol–water partition coefficient (Wildman–Crippen LogP) is 8.67. The van der Waals surface area contributed by atoms with Gasteiger partial charge in [-0.3, -0.25) is 4.79 Å². The lowest BCUT2D eigenvalue weighted by atomic mass is 9.82. The largest absolute Gasteiger partial charge is 0.310 e. The van der Waals surface area contributed by atoms with Crippen molar-refractivity contribution in [2.24, 2.45) is 0 Å². The van der Waals surface area contributed by atoms with Crippen molar-refractivity contribution < 1.29 is 4.79 Å². The van der Waals surface area contributed by atoms with Crippen LogP contribution in [-0.2, 0) is 5.41 Å². The van der Waals surface area contributed by atoms with Gasteiger partial charge in [0.15, 0.2) is 5.78 Å². The Morgan fingerprint density at radius 3 is 1.97 bits per heavy atom. The number of ketones is 1. The van der Waals surface area contributed by atoms with Crippen LogP contribution in [0.2, 0.25) is 0 Å². The maximum atomic E-state index is 13.7. The highest BCUT2D eigenvalue weighted by Crippen LogP contribution is 2.51. The van der Waals surface area contributed by atoms with Gasteiger partial charge in [0.05, 0.1) is 11.3 Å². The summed E-state index contributed by atoms with van der Waals surface area (Å²) < 4.78 is 0. The average Bonchev–Trinajstić information content (AvgIpc) is 3.34. The van der Waals surface area contributed by atoms with Crippen LogP contribution in [0.5, 0.6) is 0 Å². The van der Waals surface area contributed by atoms with Gasteiger partial charge in [-0.15, -0.1) is 0 Å². The first-order chi connectivity index (χ1) is 17.6. The van der Waals surface area contributed by atoms with E-state index in [0.717, 1.165) is 39.3 Å². The SMILES string of the molecule is CC1(C)c2ccccc2-c2ccc(N(c3ccccc3)c3cccc4c3C(=O)c3ccccc3-4)cc21. The number of hydrogen-bond donors (Lipinski definition) is 0. The van der Waals surface area contributed by atoms with E-state index in [9.17, 15) is 4.79 Å². The van der Waals surface area contributed by atoms with Crippen molar-refractivity contribution in [3.63, 3.8) is 0 Å². The first-order valence-electron chi connectivity index (χ1n) is 12.4. The van der Waals surface area contributed by atoms with Gasteiger partial charge in [0.1, 0.15) is 0 Å². The number of anilines is 3. The smallest absolute Gasteiger partial charge is 0.196 e. The topological polar surface area (TPSA) is 20.3 Å². The van der Waals surface area contributed by atoms with Gasteiger partial charge in [-0.1, -0.05) is 98.8 Å². The zero-order valence-electron chi connectivity index (χ0n) is 20.3. The third-order valence-corrected chi connectivity index (χ3v) is 7.81. The fraction of sp³-hybridized carbons (Fsp3) is 0.0882. The summed E-state index contributed by atoms with van der Waals surface area (Å²) in [5.74, 6) is 0.0889. The number of rotatable bonds is 3. The molecule has 0 unspecified atom stereocenters. The van der Waals surface area contributed by atoms with Crippen LogP contribution in [0.15, 0.2) is 115 Å². The molecular formula is C34H25NO. The van der Waals surface area contributed by atoms with Gasteiger partial charge < -0.3 is 4.90 Å². The lowest BCUT2D eigenvalue weighted by Crippen LogP contribution is -2.17. The van der Waals surface area contributed by atoms with Crippen molar-refractivity contribution >= 4 is 22.8 Å². The van der Waals surface area contributed by atoms with Gasteiger partial charge in [-0.25, -0.2) is 0 Å². The molecule has 2 aliphatic rings. The Kier molecular flexibility index (Phi) is 4.37.